The number of thiazole rings is 1. The molecule has 0 bridgehead atoms. The van der Waals surface area contributed by atoms with E-state index in [0.717, 1.165) is 22.4 Å². The Kier molecular flexibility index (Phi) is 4.26. The molecule has 7 heteroatoms. The second kappa shape index (κ2) is 5.75. The van der Waals surface area contributed by atoms with Crippen LogP contribution >= 0.6 is 23.1 Å². The quantitative estimate of drug-likeness (QED) is 0.870. The maximum Gasteiger partial charge on any atom is 0.275 e. The van der Waals surface area contributed by atoms with Crippen molar-refractivity contribution < 1.29 is 4.79 Å². The Balaban J connectivity index is 2.06. The van der Waals surface area contributed by atoms with E-state index in [2.05, 4.69) is 27.6 Å². The molecule has 0 fully saturated rings. The summed E-state index contributed by atoms with van der Waals surface area (Å²) in [5, 5.41) is 3.10. The lowest BCUT2D eigenvalue weighted by molar-refractivity contribution is 0.0778. The fourth-order valence-corrected chi connectivity index (χ4v) is 2.95. The first-order valence-corrected chi connectivity index (χ1v) is 7.59. The SMILES string of the molecule is Cc1nsnc1C(=O)N(C)Cc1csc(C(C)C)n1. The van der Waals surface area contributed by atoms with Crippen LogP contribution in [0.15, 0.2) is 5.38 Å². The van der Waals surface area contributed by atoms with Crippen molar-refractivity contribution in [3.05, 3.63) is 27.5 Å². The highest BCUT2D eigenvalue weighted by Crippen LogP contribution is 2.20. The summed E-state index contributed by atoms with van der Waals surface area (Å²) in [6.45, 7) is 6.52. The zero-order valence-corrected chi connectivity index (χ0v) is 13.0. The molecule has 19 heavy (non-hydrogen) atoms. The Hall–Kier alpha value is -1.34. The first kappa shape index (κ1) is 14.1. The number of hydrogen-bond donors (Lipinski definition) is 0. The highest BCUT2D eigenvalue weighted by atomic mass is 32.1. The molecule has 2 aromatic rings. The van der Waals surface area contributed by atoms with Crippen LogP contribution in [0.4, 0.5) is 0 Å². The van der Waals surface area contributed by atoms with Crippen LogP contribution in [-0.2, 0) is 6.54 Å². The number of carbonyl (C=O) groups is 1. The van der Waals surface area contributed by atoms with Crippen molar-refractivity contribution in [1.82, 2.24) is 18.6 Å². The van der Waals surface area contributed by atoms with Gasteiger partial charge in [-0.3, -0.25) is 4.79 Å². The average Bonchev–Trinajstić information content (AvgIpc) is 2.97. The van der Waals surface area contributed by atoms with E-state index in [4.69, 9.17) is 0 Å². The molecule has 2 rings (SSSR count). The molecule has 2 aromatic heterocycles. The van der Waals surface area contributed by atoms with Gasteiger partial charge in [0.25, 0.3) is 5.91 Å². The number of nitrogens with zero attached hydrogens (tertiary/aromatic N) is 4. The third-order valence-electron chi connectivity index (χ3n) is 2.66. The molecule has 0 saturated carbocycles. The number of rotatable bonds is 4. The van der Waals surface area contributed by atoms with Gasteiger partial charge in [0.1, 0.15) is 0 Å². The zero-order chi connectivity index (χ0) is 14.0. The maximum absolute atomic E-state index is 12.2. The Morgan fingerprint density at radius 2 is 2.16 bits per heavy atom. The van der Waals surface area contributed by atoms with Crippen molar-refractivity contribution in [2.45, 2.75) is 33.2 Å². The molecule has 0 aliphatic carbocycles. The minimum absolute atomic E-state index is 0.106. The van der Waals surface area contributed by atoms with Crippen molar-refractivity contribution >= 4 is 29.0 Å². The van der Waals surface area contributed by atoms with E-state index in [1.165, 1.54) is 0 Å². The fourth-order valence-electron chi connectivity index (χ4n) is 1.58. The normalized spacial score (nSPS) is 11.0. The van der Waals surface area contributed by atoms with Crippen LogP contribution in [0, 0.1) is 6.92 Å². The number of hydrogen-bond acceptors (Lipinski definition) is 6. The second-order valence-corrected chi connectivity index (χ2v) is 6.11. The van der Waals surface area contributed by atoms with E-state index in [1.807, 2.05) is 5.38 Å². The molecular weight excluding hydrogens is 280 g/mol. The molecule has 0 spiro atoms. The van der Waals surface area contributed by atoms with Gasteiger partial charge in [0.05, 0.1) is 34.7 Å². The van der Waals surface area contributed by atoms with Crippen LogP contribution < -0.4 is 0 Å². The minimum Gasteiger partial charge on any atom is -0.334 e. The molecule has 0 aliphatic rings. The topological polar surface area (TPSA) is 59.0 Å². The minimum atomic E-state index is -0.106. The number of amides is 1. The number of carbonyl (C=O) groups excluding carboxylic acids is 1. The molecule has 5 nitrogen and oxygen atoms in total. The van der Waals surface area contributed by atoms with Gasteiger partial charge >= 0.3 is 0 Å². The lowest BCUT2D eigenvalue weighted by Crippen LogP contribution is -2.27. The molecule has 1 amide bonds. The van der Waals surface area contributed by atoms with Gasteiger partial charge in [0.15, 0.2) is 5.69 Å². The van der Waals surface area contributed by atoms with E-state index in [1.54, 1.807) is 30.2 Å². The molecule has 102 valence electrons. The fraction of sp³-hybridized carbons (Fsp3) is 0.500. The molecule has 0 radical (unpaired) electrons. The van der Waals surface area contributed by atoms with Crippen LogP contribution in [0.3, 0.4) is 0 Å². The molecule has 0 saturated heterocycles. The van der Waals surface area contributed by atoms with Crippen LogP contribution in [0.2, 0.25) is 0 Å². The predicted octanol–water partition coefficient (Wildman–Crippen LogP) is 2.70. The van der Waals surface area contributed by atoms with Gasteiger partial charge in [-0.2, -0.15) is 8.75 Å². The van der Waals surface area contributed by atoms with Crippen molar-refractivity contribution in [2.75, 3.05) is 7.05 Å². The van der Waals surface area contributed by atoms with E-state index >= 15 is 0 Å². The summed E-state index contributed by atoms with van der Waals surface area (Å²) >= 11 is 2.70. The lowest BCUT2D eigenvalue weighted by Gasteiger charge is -2.14. The van der Waals surface area contributed by atoms with E-state index in [9.17, 15) is 4.79 Å². The molecule has 2 heterocycles. The molecule has 0 aliphatic heterocycles. The Morgan fingerprint density at radius 3 is 2.68 bits per heavy atom. The molecule has 0 unspecified atom stereocenters. The average molecular weight is 296 g/mol. The Morgan fingerprint density at radius 1 is 1.42 bits per heavy atom. The monoisotopic (exact) mass is 296 g/mol. The summed E-state index contributed by atoms with van der Waals surface area (Å²) in [4.78, 5) is 18.3. The van der Waals surface area contributed by atoms with E-state index < -0.39 is 0 Å². The standard InChI is InChI=1S/C12H16N4OS2/c1-7(2)11-13-9(6-18-11)5-16(4)12(17)10-8(3)14-19-15-10/h6-7H,5H2,1-4H3. The Labute approximate surface area is 120 Å². The molecular formula is C12H16N4OS2. The smallest absolute Gasteiger partial charge is 0.275 e. The summed E-state index contributed by atoms with van der Waals surface area (Å²) in [5.41, 5.74) is 2.04. The maximum atomic E-state index is 12.2. The first-order chi connectivity index (χ1) is 8.99. The van der Waals surface area contributed by atoms with Gasteiger partial charge in [-0.05, 0) is 6.92 Å². The van der Waals surface area contributed by atoms with Gasteiger partial charge in [-0.25, -0.2) is 4.98 Å². The van der Waals surface area contributed by atoms with Crippen LogP contribution in [0.25, 0.3) is 0 Å². The molecule has 0 N–H and O–H groups in total. The number of aryl methyl sites for hydroxylation is 1. The van der Waals surface area contributed by atoms with Crippen molar-refractivity contribution in [2.24, 2.45) is 0 Å². The van der Waals surface area contributed by atoms with E-state index in [-0.39, 0.29) is 5.91 Å². The third-order valence-corrected chi connectivity index (χ3v) is 4.48. The lowest BCUT2D eigenvalue weighted by atomic mass is 10.2. The summed E-state index contributed by atoms with van der Waals surface area (Å²) in [5.74, 6) is 0.315. The van der Waals surface area contributed by atoms with Gasteiger partial charge in [-0.15, -0.1) is 11.3 Å². The summed E-state index contributed by atoms with van der Waals surface area (Å²) in [6.07, 6.45) is 0. The molecule has 0 aromatic carbocycles. The molecule has 0 atom stereocenters. The van der Waals surface area contributed by atoms with Crippen LogP contribution in [-0.4, -0.2) is 31.6 Å². The predicted molar refractivity (Wildman–Crippen MR) is 76.6 cm³/mol. The second-order valence-electron chi connectivity index (χ2n) is 4.69. The van der Waals surface area contributed by atoms with Gasteiger partial charge in [-0.1, -0.05) is 13.8 Å². The van der Waals surface area contributed by atoms with Gasteiger partial charge < -0.3 is 4.90 Å². The highest BCUT2D eigenvalue weighted by Gasteiger charge is 2.19. The zero-order valence-electron chi connectivity index (χ0n) is 11.4. The Bertz CT molecular complexity index is 576. The van der Waals surface area contributed by atoms with Gasteiger partial charge in [0.2, 0.25) is 0 Å². The van der Waals surface area contributed by atoms with Crippen molar-refractivity contribution in [3.8, 4) is 0 Å². The summed E-state index contributed by atoms with van der Waals surface area (Å²) < 4.78 is 8.06. The van der Waals surface area contributed by atoms with Crippen molar-refractivity contribution in [1.29, 1.82) is 0 Å². The largest absolute Gasteiger partial charge is 0.334 e. The first-order valence-electron chi connectivity index (χ1n) is 5.98. The summed E-state index contributed by atoms with van der Waals surface area (Å²) in [6, 6.07) is 0. The summed E-state index contributed by atoms with van der Waals surface area (Å²) in [7, 11) is 1.76. The number of aromatic nitrogens is 3. The van der Waals surface area contributed by atoms with Crippen LogP contribution in [0.5, 0.6) is 0 Å². The third kappa shape index (κ3) is 3.16. The van der Waals surface area contributed by atoms with Crippen molar-refractivity contribution in [3.63, 3.8) is 0 Å². The van der Waals surface area contributed by atoms with Gasteiger partial charge in [0, 0.05) is 18.3 Å². The van der Waals surface area contributed by atoms with Crippen LogP contribution in [0.1, 0.15) is 46.6 Å². The highest BCUT2D eigenvalue weighted by molar-refractivity contribution is 7.09. The van der Waals surface area contributed by atoms with E-state index in [0.29, 0.717) is 23.9 Å².